The normalized spacial score (nSPS) is 10.4. The van der Waals surface area contributed by atoms with Crippen LogP contribution in [0, 0.1) is 5.92 Å². The van der Waals surface area contributed by atoms with Crippen molar-refractivity contribution < 1.29 is 9.59 Å². The van der Waals surface area contributed by atoms with Crippen molar-refractivity contribution in [3.63, 3.8) is 0 Å². The van der Waals surface area contributed by atoms with E-state index >= 15 is 0 Å². The minimum absolute atomic E-state index is 0.000314. The predicted molar refractivity (Wildman–Crippen MR) is 83.6 cm³/mol. The highest BCUT2D eigenvalue weighted by Crippen LogP contribution is 2.15. The molecule has 0 aliphatic rings. The summed E-state index contributed by atoms with van der Waals surface area (Å²) in [4.78, 5) is 23.6. The van der Waals surface area contributed by atoms with E-state index in [0.29, 0.717) is 18.0 Å². The van der Waals surface area contributed by atoms with Gasteiger partial charge in [0.15, 0.2) is 0 Å². The monoisotopic (exact) mass is 340 g/mol. The molecule has 0 atom stereocenters. The number of carbonyl (C=O) groups is 2. The molecule has 1 rings (SSSR count). The van der Waals surface area contributed by atoms with Crippen molar-refractivity contribution in [1.82, 2.24) is 10.6 Å². The van der Waals surface area contributed by atoms with Crippen LogP contribution in [0.25, 0.3) is 0 Å². The molecule has 0 heterocycles. The van der Waals surface area contributed by atoms with Crippen molar-refractivity contribution in [3.8, 4) is 0 Å². The fourth-order valence-electron chi connectivity index (χ4n) is 1.80. The van der Waals surface area contributed by atoms with Crippen LogP contribution in [-0.4, -0.2) is 24.9 Å². The molecule has 1 aromatic carbocycles. The second-order valence-corrected chi connectivity index (χ2v) is 5.50. The second kappa shape index (κ2) is 8.74. The quantitative estimate of drug-likeness (QED) is 0.801. The Bertz CT molecular complexity index is 459. The molecule has 0 aliphatic carbocycles. The highest BCUT2D eigenvalue weighted by atomic mass is 79.9. The average Bonchev–Trinajstić information content (AvgIpc) is 2.46. The van der Waals surface area contributed by atoms with Gasteiger partial charge in [-0.2, -0.15) is 0 Å². The number of hydrogen-bond donors (Lipinski definition) is 2. The Morgan fingerprint density at radius 2 is 1.80 bits per heavy atom. The molecule has 20 heavy (non-hydrogen) atoms. The van der Waals surface area contributed by atoms with E-state index in [4.69, 9.17) is 0 Å². The number of carbonyl (C=O) groups excluding carboxylic acids is 2. The molecule has 1 aromatic rings. The Hall–Kier alpha value is -1.36. The number of amides is 2. The summed E-state index contributed by atoms with van der Waals surface area (Å²) in [5.74, 6) is 0.0883. The van der Waals surface area contributed by atoms with E-state index in [1.54, 1.807) is 18.2 Å². The third kappa shape index (κ3) is 5.33. The van der Waals surface area contributed by atoms with Gasteiger partial charge in [-0.05, 0) is 34.0 Å². The molecule has 110 valence electrons. The Balaban J connectivity index is 2.38. The van der Waals surface area contributed by atoms with Crippen molar-refractivity contribution in [2.45, 2.75) is 26.7 Å². The van der Waals surface area contributed by atoms with Crippen molar-refractivity contribution in [2.24, 2.45) is 5.92 Å². The zero-order valence-electron chi connectivity index (χ0n) is 11.9. The third-order valence-electron chi connectivity index (χ3n) is 3.27. The van der Waals surface area contributed by atoms with Gasteiger partial charge < -0.3 is 10.6 Å². The zero-order valence-corrected chi connectivity index (χ0v) is 13.5. The van der Waals surface area contributed by atoms with Gasteiger partial charge in [0.05, 0.1) is 12.1 Å². The molecular formula is C15H21BrN2O2. The number of halogens is 1. The van der Waals surface area contributed by atoms with E-state index in [1.807, 2.05) is 6.07 Å². The van der Waals surface area contributed by atoms with Gasteiger partial charge in [-0.1, -0.05) is 38.8 Å². The first-order valence-corrected chi connectivity index (χ1v) is 7.67. The standard InChI is InChI=1S/C15H21BrN2O2/c1-3-11(4-2)9-17-14(19)10-18-15(20)12-7-5-6-8-13(12)16/h5-8,11H,3-4,9-10H2,1-2H3,(H,17,19)(H,18,20). The smallest absolute Gasteiger partial charge is 0.252 e. The first-order chi connectivity index (χ1) is 9.58. The highest BCUT2D eigenvalue weighted by Gasteiger charge is 2.11. The van der Waals surface area contributed by atoms with Gasteiger partial charge >= 0.3 is 0 Å². The molecule has 2 N–H and O–H groups in total. The second-order valence-electron chi connectivity index (χ2n) is 4.65. The summed E-state index contributed by atoms with van der Waals surface area (Å²) in [7, 11) is 0. The van der Waals surface area contributed by atoms with E-state index in [0.717, 1.165) is 17.3 Å². The van der Waals surface area contributed by atoms with E-state index < -0.39 is 0 Å². The van der Waals surface area contributed by atoms with Gasteiger partial charge in [0.25, 0.3) is 5.91 Å². The molecule has 2 amide bonds. The Morgan fingerprint density at radius 1 is 1.15 bits per heavy atom. The lowest BCUT2D eigenvalue weighted by molar-refractivity contribution is -0.120. The number of rotatable bonds is 7. The average molecular weight is 341 g/mol. The van der Waals surface area contributed by atoms with E-state index in [9.17, 15) is 9.59 Å². The molecule has 0 bridgehead atoms. The van der Waals surface area contributed by atoms with Crippen molar-refractivity contribution in [3.05, 3.63) is 34.3 Å². The summed E-state index contributed by atoms with van der Waals surface area (Å²) in [5, 5.41) is 5.46. The van der Waals surface area contributed by atoms with Crippen LogP contribution in [0.15, 0.2) is 28.7 Å². The number of nitrogens with one attached hydrogen (secondary N) is 2. The minimum atomic E-state index is -0.254. The third-order valence-corrected chi connectivity index (χ3v) is 3.96. The largest absolute Gasteiger partial charge is 0.354 e. The fraction of sp³-hybridized carbons (Fsp3) is 0.467. The molecule has 4 nitrogen and oxygen atoms in total. The molecule has 0 radical (unpaired) electrons. The van der Waals surface area contributed by atoms with Crippen LogP contribution in [0.1, 0.15) is 37.0 Å². The lowest BCUT2D eigenvalue weighted by Crippen LogP contribution is -2.38. The number of hydrogen-bond acceptors (Lipinski definition) is 2. The summed E-state index contributed by atoms with van der Waals surface area (Å²) >= 11 is 3.31. The topological polar surface area (TPSA) is 58.2 Å². The maximum atomic E-state index is 11.9. The van der Waals surface area contributed by atoms with Crippen LogP contribution < -0.4 is 10.6 Å². The first kappa shape index (κ1) is 16.7. The SMILES string of the molecule is CCC(CC)CNC(=O)CNC(=O)c1ccccc1Br. The molecule has 0 saturated heterocycles. The molecule has 0 fully saturated rings. The van der Waals surface area contributed by atoms with Crippen LogP contribution in [0.3, 0.4) is 0 Å². The van der Waals surface area contributed by atoms with Gasteiger partial charge in [-0.25, -0.2) is 0 Å². The molecule has 0 spiro atoms. The van der Waals surface area contributed by atoms with Gasteiger partial charge in [-0.15, -0.1) is 0 Å². The maximum absolute atomic E-state index is 11.9. The molecule has 0 unspecified atom stereocenters. The van der Waals surface area contributed by atoms with Crippen molar-refractivity contribution >= 4 is 27.7 Å². The van der Waals surface area contributed by atoms with Crippen LogP contribution in [0.4, 0.5) is 0 Å². The lowest BCUT2D eigenvalue weighted by Gasteiger charge is -2.13. The molecule has 0 aromatic heterocycles. The first-order valence-electron chi connectivity index (χ1n) is 6.87. The van der Waals surface area contributed by atoms with Gasteiger partial charge in [-0.3, -0.25) is 9.59 Å². The van der Waals surface area contributed by atoms with E-state index in [1.165, 1.54) is 0 Å². The van der Waals surface area contributed by atoms with Crippen molar-refractivity contribution in [1.29, 1.82) is 0 Å². The molecule has 0 aliphatic heterocycles. The molecule has 0 saturated carbocycles. The van der Waals surface area contributed by atoms with Gasteiger partial charge in [0.1, 0.15) is 0 Å². The van der Waals surface area contributed by atoms with Gasteiger partial charge in [0, 0.05) is 11.0 Å². The van der Waals surface area contributed by atoms with Gasteiger partial charge in [0.2, 0.25) is 5.91 Å². The summed E-state index contributed by atoms with van der Waals surface area (Å²) in [6, 6.07) is 7.12. The summed E-state index contributed by atoms with van der Waals surface area (Å²) < 4.78 is 0.718. The van der Waals surface area contributed by atoms with Crippen LogP contribution >= 0.6 is 15.9 Å². The number of benzene rings is 1. The van der Waals surface area contributed by atoms with Crippen LogP contribution in [0.5, 0.6) is 0 Å². The molecule has 5 heteroatoms. The summed E-state index contributed by atoms with van der Waals surface area (Å²) in [5.41, 5.74) is 0.528. The fourth-order valence-corrected chi connectivity index (χ4v) is 2.26. The van der Waals surface area contributed by atoms with Crippen LogP contribution in [-0.2, 0) is 4.79 Å². The molecular weight excluding hydrogens is 320 g/mol. The van der Waals surface area contributed by atoms with E-state index in [2.05, 4.69) is 40.4 Å². The Kier molecular flexibility index (Phi) is 7.30. The Labute approximate surface area is 128 Å². The maximum Gasteiger partial charge on any atom is 0.252 e. The summed E-state index contributed by atoms with van der Waals surface area (Å²) in [6.45, 7) is 4.88. The van der Waals surface area contributed by atoms with Crippen molar-refractivity contribution in [2.75, 3.05) is 13.1 Å². The highest BCUT2D eigenvalue weighted by molar-refractivity contribution is 9.10. The van der Waals surface area contributed by atoms with E-state index in [-0.39, 0.29) is 18.4 Å². The Morgan fingerprint density at radius 3 is 2.40 bits per heavy atom. The lowest BCUT2D eigenvalue weighted by atomic mass is 10.0. The predicted octanol–water partition coefficient (Wildman–Crippen LogP) is 2.73. The summed E-state index contributed by atoms with van der Waals surface area (Å²) in [6.07, 6.45) is 2.08. The minimum Gasteiger partial charge on any atom is -0.354 e. The van der Waals surface area contributed by atoms with Crippen LogP contribution in [0.2, 0.25) is 0 Å². The zero-order chi connectivity index (χ0) is 15.0.